The summed E-state index contributed by atoms with van der Waals surface area (Å²) < 4.78 is 35.1. The Labute approximate surface area is 72.4 Å². The summed E-state index contributed by atoms with van der Waals surface area (Å²) in [5.74, 6) is -1.12. The maximum absolute atomic E-state index is 12.4. The van der Waals surface area contributed by atoms with Gasteiger partial charge in [0.25, 0.3) is 5.91 Å². The summed E-state index contributed by atoms with van der Waals surface area (Å²) in [7, 11) is -5.47. The maximum atomic E-state index is 12.4. The van der Waals surface area contributed by atoms with Crippen LogP contribution in [0.15, 0.2) is 18.3 Å². The van der Waals surface area contributed by atoms with E-state index in [0.29, 0.717) is 0 Å². The van der Waals surface area contributed by atoms with Crippen molar-refractivity contribution in [2.45, 2.75) is 0 Å². The van der Waals surface area contributed by atoms with Crippen LogP contribution in [0.5, 0.6) is 0 Å². The van der Waals surface area contributed by atoms with Crippen LogP contribution >= 0.6 is 7.76 Å². The summed E-state index contributed by atoms with van der Waals surface area (Å²) in [5.41, 5.74) is 4.11. The molecule has 2 N–H and O–H groups in total. The van der Waals surface area contributed by atoms with Crippen LogP contribution in [0.2, 0.25) is 0 Å². The Morgan fingerprint density at radius 1 is 1.54 bits per heavy atom. The fourth-order valence-corrected chi connectivity index (χ4v) is 1.47. The van der Waals surface area contributed by atoms with Crippen molar-refractivity contribution in [3.05, 3.63) is 24.0 Å². The molecule has 0 saturated carbocycles. The standard InChI is InChI=1S/C6H5F2N2O2P/c7-13(8,12)4-2-1-3-10-5(4)6(9)11/h1-3H,(H2,9,11). The summed E-state index contributed by atoms with van der Waals surface area (Å²) >= 11 is 0. The van der Waals surface area contributed by atoms with Crippen LogP contribution in [0.1, 0.15) is 10.5 Å². The number of hydrogen-bond donors (Lipinski definition) is 1. The Morgan fingerprint density at radius 2 is 2.15 bits per heavy atom. The Morgan fingerprint density at radius 3 is 2.54 bits per heavy atom. The molecular weight excluding hydrogens is 201 g/mol. The Hall–Kier alpha value is -1.29. The number of nitrogens with zero attached hydrogens (tertiary/aromatic N) is 1. The summed E-state index contributed by atoms with van der Waals surface area (Å²) in [5, 5.41) is -0.887. The second-order valence-electron chi connectivity index (χ2n) is 2.20. The van der Waals surface area contributed by atoms with Gasteiger partial charge in [-0.1, -0.05) is 0 Å². The molecule has 13 heavy (non-hydrogen) atoms. The minimum Gasteiger partial charge on any atom is -0.364 e. The summed E-state index contributed by atoms with van der Waals surface area (Å²) in [6.45, 7) is 0. The van der Waals surface area contributed by atoms with Crippen LogP contribution in [0.3, 0.4) is 0 Å². The van der Waals surface area contributed by atoms with Crippen molar-refractivity contribution in [2.75, 3.05) is 0 Å². The number of pyridine rings is 1. The van der Waals surface area contributed by atoms with Gasteiger partial charge in [0.15, 0.2) is 0 Å². The predicted molar refractivity (Wildman–Crippen MR) is 42.2 cm³/mol. The summed E-state index contributed by atoms with van der Waals surface area (Å²) in [6.07, 6.45) is 1.12. The highest BCUT2D eigenvalue weighted by Gasteiger charge is 2.28. The molecule has 0 fully saturated rings. The van der Waals surface area contributed by atoms with E-state index in [1.54, 1.807) is 0 Å². The normalized spacial score (nSPS) is 11.2. The van der Waals surface area contributed by atoms with Gasteiger partial charge >= 0.3 is 7.76 Å². The van der Waals surface area contributed by atoms with Crippen molar-refractivity contribution >= 4 is 19.0 Å². The van der Waals surface area contributed by atoms with Gasteiger partial charge in [0, 0.05) is 6.20 Å². The molecule has 1 rings (SSSR count). The molecular formula is C6H5F2N2O2P. The number of carbonyl (C=O) groups is 1. The summed E-state index contributed by atoms with van der Waals surface area (Å²) in [6, 6.07) is 2.03. The van der Waals surface area contributed by atoms with Crippen LogP contribution in [-0.4, -0.2) is 10.9 Å². The Kier molecular flexibility index (Phi) is 2.43. The van der Waals surface area contributed by atoms with Gasteiger partial charge in [-0.15, -0.1) is 8.39 Å². The number of halogens is 2. The topological polar surface area (TPSA) is 73.1 Å². The first-order chi connectivity index (χ1) is 5.93. The Balaban J connectivity index is 3.37. The molecule has 0 aliphatic rings. The number of aromatic nitrogens is 1. The lowest BCUT2D eigenvalue weighted by atomic mass is 10.3. The third kappa shape index (κ3) is 2.09. The molecule has 0 radical (unpaired) electrons. The van der Waals surface area contributed by atoms with Crippen molar-refractivity contribution in [3.63, 3.8) is 0 Å². The molecule has 1 heterocycles. The molecule has 1 amide bonds. The number of primary amides is 1. The number of amides is 1. The second-order valence-corrected chi connectivity index (χ2v) is 3.60. The molecule has 0 atom stereocenters. The van der Waals surface area contributed by atoms with E-state index < -0.39 is 24.7 Å². The lowest BCUT2D eigenvalue weighted by Crippen LogP contribution is -2.22. The largest absolute Gasteiger partial charge is 0.435 e. The first-order valence-corrected chi connectivity index (χ1v) is 4.66. The number of hydrogen-bond acceptors (Lipinski definition) is 3. The first kappa shape index (κ1) is 9.80. The van der Waals surface area contributed by atoms with Crippen molar-refractivity contribution in [2.24, 2.45) is 5.73 Å². The van der Waals surface area contributed by atoms with E-state index in [1.807, 2.05) is 0 Å². The van der Waals surface area contributed by atoms with Gasteiger partial charge in [0.05, 0.1) is 0 Å². The van der Waals surface area contributed by atoms with Crippen LogP contribution in [0.25, 0.3) is 0 Å². The van der Waals surface area contributed by atoms with Crippen LogP contribution in [0.4, 0.5) is 8.39 Å². The van der Waals surface area contributed by atoms with E-state index in [0.717, 1.165) is 18.3 Å². The van der Waals surface area contributed by atoms with Gasteiger partial charge in [0.1, 0.15) is 11.0 Å². The van der Waals surface area contributed by atoms with Gasteiger partial charge in [-0.05, 0) is 12.1 Å². The van der Waals surface area contributed by atoms with E-state index in [2.05, 4.69) is 4.98 Å². The molecule has 7 heteroatoms. The highest BCUT2D eigenvalue weighted by Crippen LogP contribution is 2.48. The molecule has 0 aliphatic carbocycles. The van der Waals surface area contributed by atoms with Gasteiger partial charge in [0.2, 0.25) is 0 Å². The highest BCUT2D eigenvalue weighted by molar-refractivity contribution is 7.61. The van der Waals surface area contributed by atoms with Crippen LogP contribution in [0, 0.1) is 0 Å². The number of nitrogens with two attached hydrogens (primary N) is 1. The molecule has 0 spiro atoms. The van der Waals surface area contributed by atoms with Gasteiger partial charge < -0.3 is 5.73 Å². The number of carbonyl (C=O) groups excluding carboxylic acids is 1. The maximum Gasteiger partial charge on any atom is 0.435 e. The van der Waals surface area contributed by atoms with Gasteiger partial charge in [-0.25, -0.2) is 4.57 Å². The fourth-order valence-electron chi connectivity index (χ4n) is 0.797. The molecule has 0 aromatic carbocycles. The fraction of sp³-hybridized carbons (Fsp3) is 0. The van der Waals surface area contributed by atoms with Crippen molar-refractivity contribution in [1.29, 1.82) is 0 Å². The molecule has 1 aromatic heterocycles. The Bertz CT molecular complexity index is 390. The molecule has 0 bridgehead atoms. The lowest BCUT2D eigenvalue weighted by molar-refractivity contribution is 0.0996. The zero-order chi connectivity index (χ0) is 10.1. The van der Waals surface area contributed by atoms with E-state index in [9.17, 15) is 17.8 Å². The van der Waals surface area contributed by atoms with E-state index in [1.165, 1.54) is 0 Å². The second kappa shape index (κ2) is 3.22. The van der Waals surface area contributed by atoms with Gasteiger partial charge in [-0.2, -0.15) is 0 Å². The number of rotatable bonds is 2. The monoisotopic (exact) mass is 206 g/mol. The van der Waals surface area contributed by atoms with Crippen molar-refractivity contribution in [1.82, 2.24) is 4.98 Å². The third-order valence-electron chi connectivity index (χ3n) is 1.30. The van der Waals surface area contributed by atoms with Crippen molar-refractivity contribution < 1.29 is 17.8 Å². The molecule has 70 valence electrons. The molecule has 1 aromatic rings. The predicted octanol–water partition coefficient (Wildman–Crippen LogP) is 0.938. The van der Waals surface area contributed by atoms with E-state index in [4.69, 9.17) is 5.73 Å². The SMILES string of the molecule is NC(=O)c1ncccc1P(=O)(F)F. The van der Waals surface area contributed by atoms with Gasteiger partial charge in [-0.3, -0.25) is 9.78 Å². The first-order valence-electron chi connectivity index (χ1n) is 3.17. The van der Waals surface area contributed by atoms with Crippen molar-refractivity contribution in [3.8, 4) is 0 Å². The smallest absolute Gasteiger partial charge is 0.364 e. The minimum absolute atomic E-state index is 0.643. The minimum atomic E-state index is -5.47. The molecule has 0 unspecified atom stereocenters. The quantitative estimate of drug-likeness (QED) is 0.731. The van der Waals surface area contributed by atoms with E-state index in [-0.39, 0.29) is 0 Å². The molecule has 0 saturated heterocycles. The zero-order valence-corrected chi connectivity index (χ0v) is 7.17. The highest BCUT2D eigenvalue weighted by atomic mass is 31.2. The lowest BCUT2D eigenvalue weighted by Gasteiger charge is -2.02. The van der Waals surface area contributed by atoms with Crippen LogP contribution < -0.4 is 11.0 Å². The molecule has 0 aliphatic heterocycles. The van der Waals surface area contributed by atoms with E-state index >= 15 is 0 Å². The zero-order valence-electron chi connectivity index (χ0n) is 6.28. The average Bonchev–Trinajstić information content (AvgIpc) is 2.03. The average molecular weight is 206 g/mol. The summed E-state index contributed by atoms with van der Waals surface area (Å²) in [4.78, 5) is 13.9. The van der Waals surface area contributed by atoms with Crippen LogP contribution in [-0.2, 0) is 4.57 Å². The molecule has 4 nitrogen and oxygen atoms in total. The third-order valence-corrected chi connectivity index (χ3v) is 2.22.